The van der Waals surface area contributed by atoms with Crippen molar-refractivity contribution in [1.82, 2.24) is 20.1 Å². The highest BCUT2D eigenvalue weighted by atomic mass is 16.5. The summed E-state index contributed by atoms with van der Waals surface area (Å²) in [5.74, 6) is 0.726. The van der Waals surface area contributed by atoms with Crippen LogP contribution in [0.15, 0.2) is 48.8 Å². The number of benzene rings is 1. The van der Waals surface area contributed by atoms with Gasteiger partial charge in [0.05, 0.1) is 13.2 Å². The molecule has 1 aromatic heterocycles. The van der Waals surface area contributed by atoms with Crippen LogP contribution in [0.5, 0.6) is 5.75 Å². The van der Waals surface area contributed by atoms with Crippen molar-refractivity contribution in [3.05, 3.63) is 59.9 Å². The summed E-state index contributed by atoms with van der Waals surface area (Å²) < 4.78 is 5.22. The van der Waals surface area contributed by atoms with E-state index in [4.69, 9.17) is 4.74 Å². The van der Waals surface area contributed by atoms with Crippen molar-refractivity contribution in [3.63, 3.8) is 0 Å². The number of aromatic nitrogens is 1. The van der Waals surface area contributed by atoms with E-state index in [1.807, 2.05) is 43.3 Å². The first-order valence-electron chi connectivity index (χ1n) is 8.99. The van der Waals surface area contributed by atoms with Crippen LogP contribution in [0.1, 0.15) is 24.1 Å². The number of likely N-dealkylation sites (N-methyl/N-ethyl adjacent to an activating group) is 1. The normalized spacial score (nSPS) is 15.4. The number of amides is 3. The van der Waals surface area contributed by atoms with Gasteiger partial charge in [-0.25, -0.2) is 4.79 Å². The van der Waals surface area contributed by atoms with Crippen molar-refractivity contribution in [1.29, 1.82) is 0 Å². The smallest absolute Gasteiger partial charge is 0.318 e. The Morgan fingerprint density at radius 2 is 1.81 bits per heavy atom. The molecule has 1 aromatic carbocycles. The molecule has 2 heterocycles. The van der Waals surface area contributed by atoms with Crippen LogP contribution >= 0.6 is 0 Å². The summed E-state index contributed by atoms with van der Waals surface area (Å²) in [6.45, 7) is 3.80. The fraction of sp³-hybridized carbons (Fsp3) is 0.350. The Balaban J connectivity index is 1.79. The second-order valence-corrected chi connectivity index (χ2v) is 6.33. The minimum absolute atomic E-state index is 0.0243. The van der Waals surface area contributed by atoms with Gasteiger partial charge in [-0.3, -0.25) is 9.78 Å². The van der Waals surface area contributed by atoms with E-state index >= 15 is 0 Å². The van der Waals surface area contributed by atoms with E-state index in [-0.39, 0.29) is 24.5 Å². The van der Waals surface area contributed by atoms with Crippen molar-refractivity contribution >= 4 is 11.9 Å². The molecule has 0 saturated carbocycles. The van der Waals surface area contributed by atoms with Gasteiger partial charge < -0.3 is 19.9 Å². The van der Waals surface area contributed by atoms with Crippen LogP contribution in [-0.4, -0.2) is 60.0 Å². The minimum atomic E-state index is -0.342. The molecule has 27 heavy (non-hydrogen) atoms. The number of carbonyl (C=O) groups is 2. The Labute approximate surface area is 158 Å². The molecule has 0 radical (unpaired) electrons. The topological polar surface area (TPSA) is 74.8 Å². The standard InChI is InChI=1S/C20H24N4O3/c1-3-23-12-13-24(14-18(23)25)20(26)22-19(16-8-10-21-11-9-16)15-4-6-17(27-2)7-5-15/h4-11,19H,3,12-14H2,1-2H3,(H,22,26). The molecule has 3 rings (SSSR count). The van der Waals surface area contributed by atoms with E-state index in [0.29, 0.717) is 19.6 Å². The lowest BCUT2D eigenvalue weighted by Crippen LogP contribution is -2.54. The number of carbonyl (C=O) groups excluding carboxylic acids is 2. The van der Waals surface area contributed by atoms with E-state index in [1.54, 1.807) is 29.3 Å². The van der Waals surface area contributed by atoms with Crippen molar-refractivity contribution in [2.45, 2.75) is 13.0 Å². The van der Waals surface area contributed by atoms with Crippen LogP contribution in [-0.2, 0) is 4.79 Å². The molecule has 7 nitrogen and oxygen atoms in total. The molecule has 1 N–H and O–H groups in total. The molecule has 2 aromatic rings. The number of pyridine rings is 1. The molecule has 0 aliphatic carbocycles. The lowest BCUT2D eigenvalue weighted by molar-refractivity contribution is -0.134. The molecular formula is C20H24N4O3. The zero-order valence-corrected chi connectivity index (χ0v) is 15.6. The molecule has 7 heteroatoms. The molecule has 0 bridgehead atoms. The number of piperazine rings is 1. The van der Waals surface area contributed by atoms with E-state index in [9.17, 15) is 9.59 Å². The van der Waals surface area contributed by atoms with Gasteiger partial charge in [0.25, 0.3) is 0 Å². The third-order valence-corrected chi connectivity index (χ3v) is 4.74. The molecule has 0 spiro atoms. The number of methoxy groups -OCH3 is 1. The number of nitrogens with zero attached hydrogens (tertiary/aromatic N) is 3. The van der Waals surface area contributed by atoms with Gasteiger partial charge in [-0.05, 0) is 42.3 Å². The van der Waals surface area contributed by atoms with Crippen LogP contribution in [0, 0.1) is 0 Å². The molecule has 1 saturated heterocycles. The summed E-state index contributed by atoms with van der Waals surface area (Å²) >= 11 is 0. The Bertz CT molecular complexity index is 780. The third kappa shape index (κ3) is 4.36. The van der Waals surface area contributed by atoms with Crippen LogP contribution in [0.2, 0.25) is 0 Å². The van der Waals surface area contributed by atoms with Gasteiger partial charge >= 0.3 is 6.03 Å². The van der Waals surface area contributed by atoms with Crippen molar-refractivity contribution in [2.75, 3.05) is 33.3 Å². The van der Waals surface area contributed by atoms with Gasteiger partial charge in [0.1, 0.15) is 12.3 Å². The predicted octanol–water partition coefficient (Wildman–Crippen LogP) is 2.05. The Kier molecular flexibility index (Phi) is 5.90. The van der Waals surface area contributed by atoms with E-state index < -0.39 is 0 Å². The lowest BCUT2D eigenvalue weighted by Gasteiger charge is -2.34. The van der Waals surface area contributed by atoms with Gasteiger partial charge in [0.15, 0.2) is 0 Å². The van der Waals surface area contributed by atoms with Gasteiger partial charge in [-0.15, -0.1) is 0 Å². The highest BCUT2D eigenvalue weighted by molar-refractivity contribution is 5.85. The summed E-state index contributed by atoms with van der Waals surface area (Å²) in [7, 11) is 1.62. The number of rotatable bonds is 5. The predicted molar refractivity (Wildman–Crippen MR) is 101 cm³/mol. The Morgan fingerprint density at radius 3 is 2.41 bits per heavy atom. The SMILES string of the molecule is CCN1CCN(C(=O)NC(c2ccncc2)c2ccc(OC)cc2)CC1=O. The first-order chi connectivity index (χ1) is 13.1. The zero-order chi connectivity index (χ0) is 19.2. The van der Waals surface area contributed by atoms with E-state index in [0.717, 1.165) is 16.9 Å². The number of nitrogens with one attached hydrogen (secondary N) is 1. The molecule has 1 fully saturated rings. The average Bonchev–Trinajstić information content (AvgIpc) is 2.72. The van der Waals surface area contributed by atoms with Gasteiger partial charge in [-0.1, -0.05) is 12.1 Å². The third-order valence-electron chi connectivity index (χ3n) is 4.74. The van der Waals surface area contributed by atoms with Crippen LogP contribution in [0.4, 0.5) is 4.79 Å². The highest BCUT2D eigenvalue weighted by Crippen LogP contribution is 2.24. The second kappa shape index (κ2) is 8.53. The largest absolute Gasteiger partial charge is 0.497 e. The van der Waals surface area contributed by atoms with Gasteiger partial charge in [0, 0.05) is 32.0 Å². The van der Waals surface area contributed by atoms with Crippen LogP contribution < -0.4 is 10.1 Å². The quantitative estimate of drug-likeness (QED) is 0.877. The minimum Gasteiger partial charge on any atom is -0.497 e. The second-order valence-electron chi connectivity index (χ2n) is 6.33. The molecule has 1 unspecified atom stereocenters. The molecule has 1 aliphatic rings. The first-order valence-corrected chi connectivity index (χ1v) is 8.99. The summed E-state index contributed by atoms with van der Waals surface area (Å²) in [6, 6.07) is 10.7. The maximum atomic E-state index is 12.8. The monoisotopic (exact) mass is 368 g/mol. The highest BCUT2D eigenvalue weighted by Gasteiger charge is 2.28. The van der Waals surface area contributed by atoms with Gasteiger partial charge in [0.2, 0.25) is 5.91 Å². The lowest BCUT2D eigenvalue weighted by atomic mass is 9.99. The average molecular weight is 368 g/mol. The number of hydrogen-bond donors (Lipinski definition) is 1. The Hall–Kier alpha value is -3.09. The van der Waals surface area contributed by atoms with Crippen molar-refractivity contribution in [3.8, 4) is 5.75 Å². The van der Waals surface area contributed by atoms with Crippen LogP contribution in [0.25, 0.3) is 0 Å². The summed E-state index contributed by atoms with van der Waals surface area (Å²) in [6.07, 6.45) is 3.39. The van der Waals surface area contributed by atoms with Gasteiger partial charge in [-0.2, -0.15) is 0 Å². The fourth-order valence-corrected chi connectivity index (χ4v) is 3.14. The van der Waals surface area contributed by atoms with E-state index in [2.05, 4.69) is 10.3 Å². The molecule has 1 atom stereocenters. The van der Waals surface area contributed by atoms with Crippen molar-refractivity contribution in [2.24, 2.45) is 0 Å². The zero-order valence-electron chi connectivity index (χ0n) is 15.6. The number of hydrogen-bond acceptors (Lipinski definition) is 4. The van der Waals surface area contributed by atoms with E-state index in [1.165, 1.54) is 0 Å². The molecular weight excluding hydrogens is 344 g/mol. The molecule has 1 aliphatic heterocycles. The Morgan fingerprint density at radius 1 is 1.15 bits per heavy atom. The van der Waals surface area contributed by atoms with Crippen LogP contribution in [0.3, 0.4) is 0 Å². The number of urea groups is 1. The fourth-order valence-electron chi connectivity index (χ4n) is 3.14. The maximum Gasteiger partial charge on any atom is 0.318 e. The summed E-state index contributed by atoms with van der Waals surface area (Å²) in [5, 5.41) is 3.06. The molecule has 3 amide bonds. The summed E-state index contributed by atoms with van der Waals surface area (Å²) in [4.78, 5) is 32.3. The van der Waals surface area contributed by atoms with Crippen molar-refractivity contribution < 1.29 is 14.3 Å². The molecule has 142 valence electrons. The first kappa shape index (κ1) is 18.7. The summed E-state index contributed by atoms with van der Waals surface area (Å²) in [5.41, 5.74) is 1.84. The maximum absolute atomic E-state index is 12.8. The number of ether oxygens (including phenoxy) is 1.